The molecule has 0 spiro atoms. The van der Waals surface area contributed by atoms with E-state index in [1.807, 2.05) is 0 Å². The fourth-order valence-electron chi connectivity index (χ4n) is 4.99. The van der Waals surface area contributed by atoms with Crippen molar-refractivity contribution in [2.45, 2.75) is 71.4 Å². The van der Waals surface area contributed by atoms with Gasteiger partial charge in [0.2, 0.25) is 0 Å². The molecule has 1 atom stereocenters. The highest BCUT2D eigenvalue weighted by Gasteiger charge is 2.44. The zero-order valence-electron chi connectivity index (χ0n) is 35.8. The quantitative estimate of drug-likeness (QED) is 0.0619. The van der Waals surface area contributed by atoms with Crippen molar-refractivity contribution in [1.82, 2.24) is 0 Å². The van der Waals surface area contributed by atoms with E-state index in [2.05, 4.69) is 58.9 Å². The molecule has 0 aliphatic carbocycles. The van der Waals surface area contributed by atoms with Gasteiger partial charge in [-0.15, -0.1) is 0 Å². The van der Waals surface area contributed by atoms with Gasteiger partial charge in [0.25, 0.3) is 0 Å². The van der Waals surface area contributed by atoms with Gasteiger partial charge < -0.3 is 69.2 Å². The molecule has 0 rings (SSSR count). The molecule has 0 aromatic carbocycles. The minimum absolute atomic E-state index is 0.508. The summed E-state index contributed by atoms with van der Waals surface area (Å²) in [7, 11) is -6.49. The van der Waals surface area contributed by atoms with Crippen LogP contribution in [0.4, 0.5) is 0 Å². The number of ether oxygens (including phenoxy) is 12. The molecule has 0 aromatic heterocycles. The SMILES string of the molecule is COCCOCCOCCOCCOCCOCCOCCOCCOCCOCCOCCOCCC[Si](C)(O[Si](C)(C)C)O[Si](C)(C)O[Si](C)(C)C. The van der Waals surface area contributed by atoms with Crippen LogP contribution in [0.15, 0.2) is 0 Å². The van der Waals surface area contributed by atoms with Crippen molar-refractivity contribution < 1.29 is 69.2 Å². The highest BCUT2D eigenvalue weighted by Crippen LogP contribution is 2.27. The van der Waals surface area contributed by atoms with Crippen LogP contribution in [0, 0.1) is 0 Å². The van der Waals surface area contributed by atoms with Gasteiger partial charge in [0.05, 0.1) is 145 Å². The summed E-state index contributed by atoms with van der Waals surface area (Å²) in [5.41, 5.74) is 0. The molecule has 15 nitrogen and oxygen atoms in total. The van der Waals surface area contributed by atoms with Gasteiger partial charge in [0.1, 0.15) is 0 Å². The van der Waals surface area contributed by atoms with Crippen molar-refractivity contribution in [1.29, 1.82) is 0 Å². The zero-order chi connectivity index (χ0) is 40.3. The predicted molar refractivity (Wildman–Crippen MR) is 219 cm³/mol. The van der Waals surface area contributed by atoms with Crippen molar-refractivity contribution in [2.24, 2.45) is 0 Å². The smallest absolute Gasteiger partial charge is 0.315 e. The van der Waals surface area contributed by atoms with E-state index >= 15 is 0 Å². The van der Waals surface area contributed by atoms with Crippen LogP contribution in [0.2, 0.25) is 65.0 Å². The summed E-state index contributed by atoms with van der Waals surface area (Å²) in [6, 6.07) is 0.887. The summed E-state index contributed by atoms with van der Waals surface area (Å²) in [6.07, 6.45) is 0.893. The van der Waals surface area contributed by atoms with E-state index in [9.17, 15) is 0 Å². The first-order chi connectivity index (χ1) is 25.7. The van der Waals surface area contributed by atoms with Crippen LogP contribution in [-0.2, 0) is 69.2 Å². The number of hydrogen-bond donors (Lipinski definition) is 0. The zero-order valence-corrected chi connectivity index (χ0v) is 39.8. The molecule has 0 aliphatic heterocycles. The number of methoxy groups -OCH3 is 1. The maximum Gasteiger partial charge on any atom is 0.315 e. The minimum atomic E-state index is -2.39. The lowest BCUT2D eigenvalue weighted by Crippen LogP contribution is -2.56. The monoisotopic (exact) mass is 852 g/mol. The van der Waals surface area contributed by atoms with E-state index in [4.69, 9.17) is 69.2 Å². The second-order valence-corrected chi connectivity index (χ2v) is 31.4. The summed E-state index contributed by atoms with van der Waals surface area (Å²) >= 11 is 0. The molecular formula is C35H80O15Si4. The minimum Gasteiger partial charge on any atom is -0.437 e. The molecule has 0 aromatic rings. The van der Waals surface area contributed by atoms with Crippen LogP contribution in [0.1, 0.15) is 6.42 Å². The molecule has 19 heteroatoms. The fourth-order valence-corrected chi connectivity index (χ4v) is 22.9. The normalized spacial score (nSPS) is 13.9. The Labute approximate surface area is 332 Å². The van der Waals surface area contributed by atoms with Gasteiger partial charge in [0, 0.05) is 13.7 Å². The standard InChI is InChI=1S/C35H80O15Si4/c1-36-13-14-38-17-18-40-21-22-42-25-26-44-29-30-46-33-34-47-32-31-45-28-27-43-24-23-41-20-19-39-16-15-37-12-11-35-54(10,49-52(5,6)7)50-53(8,9)48-51(2,3)4/h11-35H2,1-10H3. The predicted octanol–water partition coefficient (Wildman–Crippen LogP) is 4.70. The first kappa shape index (κ1) is 54.3. The van der Waals surface area contributed by atoms with E-state index in [-0.39, 0.29) is 0 Å². The lowest BCUT2D eigenvalue weighted by Gasteiger charge is -2.41. The van der Waals surface area contributed by atoms with Gasteiger partial charge in [-0.3, -0.25) is 0 Å². The maximum absolute atomic E-state index is 6.73. The third-order valence-electron chi connectivity index (χ3n) is 6.61. The Bertz CT molecular complexity index is 810. The molecule has 1 unspecified atom stereocenters. The lowest BCUT2D eigenvalue weighted by atomic mass is 10.5. The lowest BCUT2D eigenvalue weighted by molar-refractivity contribution is -0.0280. The van der Waals surface area contributed by atoms with E-state index < -0.39 is 33.8 Å². The fraction of sp³-hybridized carbons (Fsp3) is 1.00. The molecule has 0 radical (unpaired) electrons. The molecule has 326 valence electrons. The Balaban J connectivity index is 3.44. The second-order valence-electron chi connectivity index (χ2n) is 14.9. The molecule has 0 bridgehead atoms. The van der Waals surface area contributed by atoms with Crippen LogP contribution < -0.4 is 0 Å². The Kier molecular flexibility index (Phi) is 35.4. The van der Waals surface area contributed by atoms with E-state index in [1.165, 1.54) is 0 Å². The average molecular weight is 853 g/mol. The van der Waals surface area contributed by atoms with E-state index in [1.54, 1.807) is 7.11 Å². The molecule has 0 N–H and O–H groups in total. The van der Waals surface area contributed by atoms with E-state index in [0.29, 0.717) is 152 Å². The summed E-state index contributed by atoms with van der Waals surface area (Å²) in [4.78, 5) is 0. The summed E-state index contributed by atoms with van der Waals surface area (Å²) < 4.78 is 85.5. The van der Waals surface area contributed by atoms with Crippen molar-refractivity contribution >= 4 is 33.8 Å². The van der Waals surface area contributed by atoms with Gasteiger partial charge in [-0.2, -0.15) is 0 Å². The topological polar surface area (TPSA) is 138 Å². The molecule has 0 saturated carbocycles. The van der Waals surface area contributed by atoms with Crippen molar-refractivity contribution in [3.05, 3.63) is 0 Å². The summed E-state index contributed by atoms with van der Waals surface area (Å²) in [5, 5.41) is 0. The second kappa shape index (κ2) is 35.2. The average Bonchev–Trinajstić information content (AvgIpc) is 3.05. The van der Waals surface area contributed by atoms with Gasteiger partial charge in [-0.1, -0.05) is 0 Å². The van der Waals surface area contributed by atoms with Gasteiger partial charge in [0.15, 0.2) is 16.6 Å². The highest BCUT2D eigenvalue weighted by molar-refractivity contribution is 6.89. The molecule has 0 aliphatic rings. The van der Waals surface area contributed by atoms with Crippen LogP contribution in [0.5, 0.6) is 0 Å². The first-order valence-electron chi connectivity index (χ1n) is 19.6. The maximum atomic E-state index is 6.73. The number of rotatable bonds is 43. The first-order valence-corrected chi connectivity index (χ1v) is 31.8. The Hall–Kier alpha value is 0.268. The van der Waals surface area contributed by atoms with Gasteiger partial charge in [-0.25, -0.2) is 0 Å². The molecule has 0 saturated heterocycles. The van der Waals surface area contributed by atoms with Gasteiger partial charge >= 0.3 is 17.1 Å². The van der Waals surface area contributed by atoms with Crippen LogP contribution in [0.3, 0.4) is 0 Å². The molecule has 54 heavy (non-hydrogen) atoms. The largest absolute Gasteiger partial charge is 0.437 e. The van der Waals surface area contributed by atoms with Crippen LogP contribution in [-0.4, -0.2) is 193 Å². The summed E-state index contributed by atoms with van der Waals surface area (Å²) in [5.74, 6) is 0. The third kappa shape index (κ3) is 41.9. The summed E-state index contributed by atoms with van der Waals surface area (Å²) in [6.45, 7) is 32.0. The van der Waals surface area contributed by atoms with E-state index in [0.717, 1.165) is 12.5 Å². The Morgan fingerprint density at radius 3 is 0.759 bits per heavy atom. The molecule has 0 fully saturated rings. The van der Waals surface area contributed by atoms with Crippen LogP contribution >= 0.6 is 0 Å². The van der Waals surface area contributed by atoms with Gasteiger partial charge in [-0.05, 0) is 71.4 Å². The Morgan fingerprint density at radius 1 is 0.278 bits per heavy atom. The number of hydrogen-bond acceptors (Lipinski definition) is 15. The molecular weight excluding hydrogens is 773 g/mol. The van der Waals surface area contributed by atoms with Crippen molar-refractivity contribution in [3.8, 4) is 0 Å². The molecule has 0 amide bonds. The highest BCUT2D eigenvalue weighted by atomic mass is 28.5. The van der Waals surface area contributed by atoms with Crippen molar-refractivity contribution in [2.75, 3.05) is 159 Å². The van der Waals surface area contributed by atoms with Crippen LogP contribution in [0.25, 0.3) is 0 Å². The Morgan fingerprint density at radius 2 is 0.519 bits per heavy atom. The van der Waals surface area contributed by atoms with Crippen molar-refractivity contribution in [3.63, 3.8) is 0 Å². The molecule has 0 heterocycles. The third-order valence-corrected chi connectivity index (χ3v) is 20.2.